The molecule has 1 fully saturated rings. The van der Waals surface area contributed by atoms with Gasteiger partial charge in [0.25, 0.3) is 5.56 Å². The lowest BCUT2D eigenvalue weighted by molar-refractivity contribution is -0.116. The number of aromatic nitrogens is 4. The Balaban J connectivity index is 1.56. The highest BCUT2D eigenvalue weighted by Crippen LogP contribution is 2.25. The van der Waals surface area contributed by atoms with Gasteiger partial charge < -0.3 is 5.32 Å². The maximum absolute atomic E-state index is 12.7. The molecular formula is C18H19N5O4S. The minimum atomic E-state index is -3.08. The predicted molar refractivity (Wildman–Crippen MR) is 104 cm³/mol. The average molecular weight is 401 g/mol. The molecule has 3 aromatic rings. The van der Waals surface area contributed by atoms with Crippen LogP contribution in [-0.4, -0.2) is 45.2 Å². The second-order valence-corrected chi connectivity index (χ2v) is 9.20. The molecule has 0 saturated carbocycles. The van der Waals surface area contributed by atoms with Gasteiger partial charge in [0.2, 0.25) is 5.91 Å². The number of amides is 1. The van der Waals surface area contributed by atoms with E-state index in [9.17, 15) is 18.0 Å². The van der Waals surface area contributed by atoms with Crippen LogP contribution in [0.25, 0.3) is 11.0 Å². The fraction of sp³-hybridized carbons (Fsp3) is 0.333. The topological polar surface area (TPSA) is 116 Å². The van der Waals surface area contributed by atoms with Gasteiger partial charge in [0, 0.05) is 5.69 Å². The molecule has 1 N–H and O–H groups in total. The van der Waals surface area contributed by atoms with Crippen LogP contribution in [0.2, 0.25) is 0 Å². The van der Waals surface area contributed by atoms with Crippen molar-refractivity contribution in [2.24, 2.45) is 0 Å². The van der Waals surface area contributed by atoms with Gasteiger partial charge in [-0.2, -0.15) is 5.10 Å². The minimum absolute atomic E-state index is 0.00645. The Hall–Kier alpha value is -3.01. The lowest BCUT2D eigenvalue weighted by atomic mass is 10.2. The Morgan fingerprint density at radius 3 is 2.71 bits per heavy atom. The van der Waals surface area contributed by atoms with Crippen LogP contribution in [-0.2, 0) is 21.2 Å². The summed E-state index contributed by atoms with van der Waals surface area (Å²) in [5, 5.41) is 7.17. The maximum atomic E-state index is 12.7. The third kappa shape index (κ3) is 3.55. The first-order valence-electron chi connectivity index (χ1n) is 8.82. The molecule has 1 amide bonds. The first-order valence-corrected chi connectivity index (χ1v) is 10.6. The number of hydrogen-bond donors (Lipinski definition) is 1. The average Bonchev–Trinajstić information content (AvgIpc) is 3.22. The molecule has 2 aromatic heterocycles. The van der Waals surface area contributed by atoms with Gasteiger partial charge in [0.1, 0.15) is 18.3 Å². The highest BCUT2D eigenvalue weighted by Gasteiger charge is 2.31. The lowest BCUT2D eigenvalue weighted by Gasteiger charge is -2.10. The van der Waals surface area contributed by atoms with E-state index in [1.165, 1.54) is 21.8 Å². The highest BCUT2D eigenvalue weighted by atomic mass is 32.2. The van der Waals surface area contributed by atoms with Crippen LogP contribution in [0.5, 0.6) is 0 Å². The molecule has 1 aliphatic rings. The standard InChI is InChI=1S/C18H19N5O4S/c1-12-2-4-13(5-3-12)21-16(24)9-22-11-19-17-15(18(22)25)8-20-23(17)14-6-7-28(26,27)10-14/h2-5,8,11,14H,6-7,9-10H2,1H3,(H,21,24). The quantitative estimate of drug-likeness (QED) is 0.694. The summed E-state index contributed by atoms with van der Waals surface area (Å²) in [5.74, 6) is -0.246. The number of carbonyl (C=O) groups excluding carboxylic acids is 1. The summed E-state index contributed by atoms with van der Waals surface area (Å²) in [6.07, 6.45) is 3.12. The highest BCUT2D eigenvalue weighted by molar-refractivity contribution is 7.91. The maximum Gasteiger partial charge on any atom is 0.264 e. The van der Waals surface area contributed by atoms with E-state index in [0.29, 0.717) is 17.8 Å². The van der Waals surface area contributed by atoms with Crippen LogP contribution >= 0.6 is 0 Å². The number of carbonyl (C=O) groups is 1. The van der Waals surface area contributed by atoms with Crippen molar-refractivity contribution in [2.45, 2.75) is 25.9 Å². The van der Waals surface area contributed by atoms with Gasteiger partial charge in [0.15, 0.2) is 15.5 Å². The molecule has 1 atom stereocenters. The van der Waals surface area contributed by atoms with Crippen LogP contribution in [0.1, 0.15) is 18.0 Å². The van der Waals surface area contributed by atoms with E-state index in [4.69, 9.17) is 0 Å². The molecule has 10 heteroatoms. The summed E-state index contributed by atoms with van der Waals surface area (Å²) in [4.78, 5) is 29.2. The van der Waals surface area contributed by atoms with Crippen molar-refractivity contribution in [2.75, 3.05) is 16.8 Å². The Labute approximate surface area is 160 Å². The number of aryl methyl sites for hydroxylation is 1. The number of nitrogens with zero attached hydrogens (tertiary/aromatic N) is 4. The summed E-state index contributed by atoms with van der Waals surface area (Å²) in [7, 11) is -3.08. The van der Waals surface area contributed by atoms with Crippen LogP contribution in [0.4, 0.5) is 5.69 Å². The molecule has 9 nitrogen and oxygen atoms in total. The molecule has 0 bridgehead atoms. The number of benzene rings is 1. The van der Waals surface area contributed by atoms with Gasteiger partial charge in [-0.25, -0.2) is 18.1 Å². The summed E-state index contributed by atoms with van der Waals surface area (Å²) in [6.45, 7) is 1.77. The van der Waals surface area contributed by atoms with Crippen molar-refractivity contribution in [3.8, 4) is 0 Å². The van der Waals surface area contributed by atoms with Crippen LogP contribution in [0.15, 0.2) is 41.6 Å². The Kier molecular flexibility index (Phi) is 4.50. The van der Waals surface area contributed by atoms with Crippen molar-refractivity contribution < 1.29 is 13.2 Å². The molecule has 146 valence electrons. The smallest absolute Gasteiger partial charge is 0.264 e. The van der Waals surface area contributed by atoms with E-state index < -0.39 is 15.4 Å². The SMILES string of the molecule is Cc1ccc(NC(=O)Cn2cnc3c(cnn3C3CCS(=O)(=O)C3)c2=O)cc1. The van der Waals surface area contributed by atoms with Gasteiger partial charge >= 0.3 is 0 Å². The van der Waals surface area contributed by atoms with Gasteiger partial charge in [0.05, 0.1) is 23.7 Å². The lowest BCUT2D eigenvalue weighted by Crippen LogP contribution is -2.28. The zero-order valence-electron chi connectivity index (χ0n) is 15.2. The van der Waals surface area contributed by atoms with Crippen molar-refractivity contribution in [3.63, 3.8) is 0 Å². The monoisotopic (exact) mass is 401 g/mol. The number of anilines is 1. The Morgan fingerprint density at radius 1 is 1.29 bits per heavy atom. The number of sulfone groups is 1. The molecule has 28 heavy (non-hydrogen) atoms. The fourth-order valence-corrected chi connectivity index (χ4v) is 5.00. The zero-order valence-corrected chi connectivity index (χ0v) is 16.0. The molecule has 1 saturated heterocycles. The molecule has 1 aliphatic heterocycles. The second kappa shape index (κ2) is 6.86. The second-order valence-electron chi connectivity index (χ2n) is 6.98. The van der Waals surface area contributed by atoms with E-state index in [1.807, 2.05) is 19.1 Å². The zero-order chi connectivity index (χ0) is 19.9. The normalized spacial score (nSPS) is 18.4. The Bertz CT molecular complexity index is 1210. The van der Waals surface area contributed by atoms with Gasteiger partial charge in [-0.05, 0) is 25.5 Å². The molecule has 4 rings (SSSR count). The molecule has 1 unspecified atom stereocenters. The van der Waals surface area contributed by atoms with Gasteiger partial charge in [-0.15, -0.1) is 0 Å². The summed E-state index contributed by atoms with van der Waals surface area (Å²) >= 11 is 0. The van der Waals surface area contributed by atoms with Crippen molar-refractivity contribution in [1.29, 1.82) is 0 Å². The van der Waals surface area contributed by atoms with E-state index in [-0.39, 0.29) is 35.4 Å². The predicted octanol–water partition coefficient (Wildman–Crippen LogP) is 0.900. The summed E-state index contributed by atoms with van der Waals surface area (Å²) in [6, 6.07) is 7.02. The summed E-state index contributed by atoms with van der Waals surface area (Å²) in [5.41, 5.74) is 1.67. The van der Waals surface area contributed by atoms with Crippen LogP contribution in [0, 0.1) is 6.92 Å². The van der Waals surface area contributed by atoms with Crippen LogP contribution < -0.4 is 10.9 Å². The van der Waals surface area contributed by atoms with Gasteiger partial charge in [-0.1, -0.05) is 17.7 Å². The first-order chi connectivity index (χ1) is 13.3. The molecule has 0 radical (unpaired) electrons. The minimum Gasteiger partial charge on any atom is -0.325 e. The fourth-order valence-electron chi connectivity index (χ4n) is 3.31. The molecule has 3 heterocycles. The van der Waals surface area contributed by atoms with Crippen LogP contribution in [0.3, 0.4) is 0 Å². The molecule has 1 aromatic carbocycles. The van der Waals surface area contributed by atoms with Crippen molar-refractivity contribution in [3.05, 3.63) is 52.7 Å². The number of hydrogen-bond acceptors (Lipinski definition) is 6. The van der Waals surface area contributed by atoms with Gasteiger partial charge in [-0.3, -0.25) is 14.2 Å². The van der Waals surface area contributed by atoms with E-state index in [1.54, 1.807) is 12.1 Å². The van der Waals surface area contributed by atoms with Crippen molar-refractivity contribution in [1.82, 2.24) is 19.3 Å². The molecular weight excluding hydrogens is 382 g/mol. The number of rotatable bonds is 4. The third-order valence-electron chi connectivity index (χ3n) is 4.78. The Morgan fingerprint density at radius 2 is 2.04 bits per heavy atom. The molecule has 0 aliphatic carbocycles. The number of fused-ring (bicyclic) bond motifs is 1. The molecule has 0 spiro atoms. The van der Waals surface area contributed by atoms with E-state index >= 15 is 0 Å². The largest absolute Gasteiger partial charge is 0.325 e. The van der Waals surface area contributed by atoms with Crippen molar-refractivity contribution >= 4 is 32.5 Å². The number of nitrogens with one attached hydrogen (secondary N) is 1. The van der Waals surface area contributed by atoms with E-state index in [0.717, 1.165) is 5.56 Å². The van der Waals surface area contributed by atoms with E-state index in [2.05, 4.69) is 15.4 Å². The third-order valence-corrected chi connectivity index (χ3v) is 6.53. The summed E-state index contributed by atoms with van der Waals surface area (Å²) < 4.78 is 26.1. The first kappa shape index (κ1) is 18.4.